The number of carbonyl (C=O) groups is 1. The molecule has 5 rings (SSSR count). The van der Waals surface area contributed by atoms with E-state index in [-0.39, 0.29) is 5.78 Å². The number of ketones is 1. The molecule has 1 heteroatoms. The van der Waals surface area contributed by atoms with Crippen molar-refractivity contribution < 1.29 is 4.79 Å². The fourth-order valence-corrected chi connectivity index (χ4v) is 4.02. The third kappa shape index (κ3) is 1.85. The third-order valence-electron chi connectivity index (χ3n) is 5.12. The number of hydrogen-bond donors (Lipinski definition) is 0. The van der Waals surface area contributed by atoms with Crippen LogP contribution in [0.4, 0.5) is 0 Å². The number of benzene rings is 4. The van der Waals surface area contributed by atoms with Crippen LogP contribution in [0.1, 0.15) is 22.3 Å². The van der Waals surface area contributed by atoms with Gasteiger partial charge in [0.25, 0.3) is 0 Å². The van der Waals surface area contributed by atoms with Gasteiger partial charge in [-0.3, -0.25) is 4.79 Å². The van der Waals surface area contributed by atoms with E-state index in [1.54, 1.807) is 0 Å². The summed E-state index contributed by atoms with van der Waals surface area (Å²) < 4.78 is 0. The molecule has 0 fully saturated rings. The number of Topliss-reactive ketones (excluding diaryl/α,β-unsaturated/α-hetero) is 1. The highest BCUT2D eigenvalue weighted by atomic mass is 16.1. The van der Waals surface area contributed by atoms with Crippen LogP contribution in [0.2, 0.25) is 0 Å². The van der Waals surface area contributed by atoms with Crippen LogP contribution in [0.5, 0.6) is 0 Å². The minimum atomic E-state index is 0.275. The van der Waals surface area contributed by atoms with Gasteiger partial charge in [-0.2, -0.15) is 0 Å². The van der Waals surface area contributed by atoms with Crippen molar-refractivity contribution in [2.24, 2.45) is 0 Å². The molecule has 1 aliphatic carbocycles. The Balaban J connectivity index is 1.98. The van der Waals surface area contributed by atoms with Crippen LogP contribution >= 0.6 is 0 Å². The minimum Gasteiger partial charge on any atom is -0.294 e. The zero-order valence-electron chi connectivity index (χ0n) is 13.3. The van der Waals surface area contributed by atoms with E-state index in [4.69, 9.17) is 0 Å². The van der Waals surface area contributed by atoms with Gasteiger partial charge in [0.2, 0.25) is 0 Å². The summed E-state index contributed by atoms with van der Waals surface area (Å²) in [6.45, 7) is 0. The van der Waals surface area contributed by atoms with Crippen molar-refractivity contribution in [2.45, 2.75) is 12.8 Å². The van der Waals surface area contributed by atoms with Crippen LogP contribution in [0.15, 0.2) is 72.8 Å². The molecule has 1 aliphatic rings. The highest BCUT2D eigenvalue weighted by molar-refractivity contribution is 6.13. The Hall–Kier alpha value is -2.93. The maximum absolute atomic E-state index is 12.4. The summed E-state index contributed by atoms with van der Waals surface area (Å²) in [7, 11) is 0. The summed E-state index contributed by atoms with van der Waals surface area (Å²) >= 11 is 0. The lowest BCUT2D eigenvalue weighted by Gasteiger charge is -2.15. The predicted octanol–water partition coefficient (Wildman–Crippen LogP) is 5.79. The quantitative estimate of drug-likeness (QED) is 0.435. The Morgan fingerprint density at radius 2 is 1.33 bits per heavy atom. The van der Waals surface area contributed by atoms with Crippen molar-refractivity contribution in [3.8, 4) is 11.1 Å². The van der Waals surface area contributed by atoms with Crippen molar-refractivity contribution in [1.29, 1.82) is 0 Å². The first-order chi connectivity index (χ1) is 11.8. The second kappa shape index (κ2) is 5.04. The normalized spacial score (nSPS) is 13.6. The van der Waals surface area contributed by atoms with Gasteiger partial charge >= 0.3 is 0 Å². The van der Waals surface area contributed by atoms with Crippen molar-refractivity contribution in [1.82, 2.24) is 0 Å². The summed E-state index contributed by atoms with van der Waals surface area (Å²) in [6.07, 6.45) is 1.47. The molecule has 114 valence electrons. The molecular formula is C23H16O. The molecule has 4 aromatic carbocycles. The fourth-order valence-electron chi connectivity index (χ4n) is 4.02. The molecule has 4 aromatic rings. The van der Waals surface area contributed by atoms with E-state index in [0.29, 0.717) is 6.42 Å². The number of hydrogen-bond acceptors (Lipinski definition) is 1. The molecule has 0 saturated heterocycles. The van der Waals surface area contributed by atoms with Gasteiger partial charge in [0, 0.05) is 12.0 Å². The zero-order valence-corrected chi connectivity index (χ0v) is 13.3. The van der Waals surface area contributed by atoms with E-state index in [1.165, 1.54) is 32.8 Å². The molecule has 0 saturated carbocycles. The summed E-state index contributed by atoms with van der Waals surface area (Å²) in [5, 5.41) is 4.87. The predicted molar refractivity (Wildman–Crippen MR) is 99.5 cm³/mol. The second-order valence-electron chi connectivity index (χ2n) is 6.45. The Labute approximate surface area is 140 Å². The second-order valence-corrected chi connectivity index (χ2v) is 6.45. The first kappa shape index (κ1) is 13.5. The molecular weight excluding hydrogens is 292 g/mol. The molecule has 0 radical (unpaired) electrons. The summed E-state index contributed by atoms with van der Waals surface area (Å²) in [6, 6.07) is 25.4. The lowest BCUT2D eigenvalue weighted by Crippen LogP contribution is -1.95. The van der Waals surface area contributed by atoms with Crippen molar-refractivity contribution in [2.75, 3.05) is 0 Å². The van der Waals surface area contributed by atoms with Crippen molar-refractivity contribution in [3.63, 3.8) is 0 Å². The summed E-state index contributed by atoms with van der Waals surface area (Å²) in [5.74, 6) is 0.275. The maximum atomic E-state index is 12.4. The molecule has 24 heavy (non-hydrogen) atoms. The van der Waals surface area contributed by atoms with Crippen LogP contribution in [-0.4, -0.2) is 5.78 Å². The fraction of sp³-hybridized carbons (Fsp3) is 0.0870. The highest BCUT2D eigenvalue weighted by Crippen LogP contribution is 2.41. The smallest absolute Gasteiger partial charge is 0.163 e. The molecule has 0 aliphatic heterocycles. The molecule has 0 atom stereocenters. The largest absolute Gasteiger partial charge is 0.294 e. The molecule has 0 amide bonds. The number of fused-ring (bicyclic) bond motifs is 3. The molecule has 0 N–H and O–H groups in total. The average Bonchev–Trinajstić information content (AvgIpc) is 3.00. The van der Waals surface area contributed by atoms with E-state index in [2.05, 4.69) is 66.7 Å². The van der Waals surface area contributed by atoms with Gasteiger partial charge in [-0.25, -0.2) is 0 Å². The molecule has 0 heterocycles. The van der Waals surface area contributed by atoms with Crippen LogP contribution in [0, 0.1) is 0 Å². The number of rotatable bonds is 1. The summed E-state index contributed by atoms with van der Waals surface area (Å²) in [5.41, 5.74) is 4.60. The molecule has 0 spiro atoms. The van der Waals surface area contributed by atoms with Gasteiger partial charge in [-0.15, -0.1) is 0 Å². The lowest BCUT2D eigenvalue weighted by atomic mass is 9.88. The SMILES string of the molecule is O=C1CCc2c1cc1ccccc1c2-c1cccc2ccccc12. The highest BCUT2D eigenvalue weighted by Gasteiger charge is 2.25. The van der Waals surface area contributed by atoms with Crippen LogP contribution in [0.25, 0.3) is 32.7 Å². The van der Waals surface area contributed by atoms with E-state index in [9.17, 15) is 4.79 Å². The Morgan fingerprint density at radius 3 is 2.21 bits per heavy atom. The van der Waals surface area contributed by atoms with E-state index >= 15 is 0 Å². The van der Waals surface area contributed by atoms with Gasteiger partial charge < -0.3 is 0 Å². The van der Waals surface area contributed by atoms with Gasteiger partial charge in [-0.05, 0) is 50.7 Å². The van der Waals surface area contributed by atoms with Crippen LogP contribution in [-0.2, 0) is 6.42 Å². The van der Waals surface area contributed by atoms with Crippen LogP contribution < -0.4 is 0 Å². The molecule has 0 aromatic heterocycles. The first-order valence-electron chi connectivity index (χ1n) is 8.39. The van der Waals surface area contributed by atoms with Crippen molar-refractivity contribution >= 4 is 27.3 Å². The molecule has 1 nitrogen and oxygen atoms in total. The number of carbonyl (C=O) groups excluding carboxylic acids is 1. The Bertz CT molecular complexity index is 1120. The summed E-state index contributed by atoms with van der Waals surface area (Å²) in [4.78, 5) is 12.4. The maximum Gasteiger partial charge on any atom is 0.163 e. The molecule has 0 bridgehead atoms. The molecule has 0 unspecified atom stereocenters. The van der Waals surface area contributed by atoms with Gasteiger partial charge in [0.1, 0.15) is 0 Å². The lowest BCUT2D eigenvalue weighted by molar-refractivity contribution is 0.0994. The van der Waals surface area contributed by atoms with E-state index in [1.807, 2.05) is 6.07 Å². The monoisotopic (exact) mass is 308 g/mol. The van der Waals surface area contributed by atoms with Gasteiger partial charge in [-0.1, -0.05) is 66.7 Å². The first-order valence-corrected chi connectivity index (χ1v) is 8.39. The van der Waals surface area contributed by atoms with Gasteiger partial charge in [0.15, 0.2) is 5.78 Å². The van der Waals surface area contributed by atoms with Gasteiger partial charge in [0.05, 0.1) is 0 Å². The average molecular weight is 308 g/mol. The van der Waals surface area contributed by atoms with E-state index < -0.39 is 0 Å². The van der Waals surface area contributed by atoms with Crippen LogP contribution in [0.3, 0.4) is 0 Å². The Kier molecular flexibility index (Phi) is 2.83. The van der Waals surface area contributed by atoms with E-state index in [0.717, 1.165) is 17.4 Å². The Morgan fingerprint density at radius 1 is 0.625 bits per heavy atom. The standard InChI is InChI=1S/C23H16O/c24-22-13-12-20-21(22)14-16-7-2-4-10-18(16)23(20)19-11-5-8-15-6-1-3-9-17(15)19/h1-11,14H,12-13H2. The minimum absolute atomic E-state index is 0.275. The van der Waals surface area contributed by atoms with Crippen molar-refractivity contribution in [3.05, 3.63) is 83.9 Å². The topological polar surface area (TPSA) is 17.1 Å². The zero-order chi connectivity index (χ0) is 16.1. The third-order valence-corrected chi connectivity index (χ3v) is 5.12.